The molecule has 22 heavy (non-hydrogen) atoms. The van der Waals surface area contributed by atoms with Crippen LogP contribution < -0.4 is 0 Å². The van der Waals surface area contributed by atoms with Crippen LogP contribution in [0, 0.1) is 0 Å². The van der Waals surface area contributed by atoms with Crippen molar-refractivity contribution in [2.45, 2.75) is 32.7 Å². The second-order valence-corrected chi connectivity index (χ2v) is 7.34. The van der Waals surface area contributed by atoms with E-state index in [0.717, 1.165) is 0 Å². The molecule has 0 aromatic heterocycles. The van der Waals surface area contributed by atoms with Crippen molar-refractivity contribution in [3.8, 4) is 0 Å². The second-order valence-electron chi connectivity index (χ2n) is 5.08. The van der Waals surface area contributed by atoms with Crippen molar-refractivity contribution in [1.82, 2.24) is 9.21 Å². The van der Waals surface area contributed by atoms with E-state index in [9.17, 15) is 18.0 Å². The molecular formula is C13H24N2O6S. The monoisotopic (exact) mass is 336 g/mol. The maximum Gasteiger partial charge on any atom is 0.323 e. The maximum absolute atomic E-state index is 12.1. The van der Waals surface area contributed by atoms with E-state index in [4.69, 9.17) is 9.84 Å². The van der Waals surface area contributed by atoms with Crippen LogP contribution in [0.4, 0.5) is 0 Å². The minimum Gasteiger partial charge on any atom is -0.480 e. The minimum absolute atomic E-state index is 0.0414. The normalized spacial score (nSPS) is 17.4. The van der Waals surface area contributed by atoms with Crippen LogP contribution in [-0.4, -0.2) is 79.2 Å². The lowest BCUT2D eigenvalue weighted by Crippen LogP contribution is -2.51. The summed E-state index contributed by atoms with van der Waals surface area (Å²) < 4.78 is 30.1. The molecule has 1 amide bonds. The number of carboxylic acids is 1. The van der Waals surface area contributed by atoms with Crippen molar-refractivity contribution in [1.29, 1.82) is 0 Å². The van der Waals surface area contributed by atoms with Gasteiger partial charge in [0.15, 0.2) is 0 Å². The summed E-state index contributed by atoms with van der Waals surface area (Å²) in [6.07, 6.45) is 0.870. The first-order valence-corrected chi connectivity index (χ1v) is 8.99. The van der Waals surface area contributed by atoms with Gasteiger partial charge in [0.05, 0.1) is 5.75 Å². The Balaban J connectivity index is 2.69. The first-order chi connectivity index (χ1) is 10.3. The summed E-state index contributed by atoms with van der Waals surface area (Å²) in [5.74, 6) is -1.42. The van der Waals surface area contributed by atoms with E-state index in [1.807, 2.05) is 0 Å². The molecule has 0 unspecified atom stereocenters. The molecule has 1 aliphatic rings. The Bertz CT molecular complexity index is 485. The highest BCUT2D eigenvalue weighted by Gasteiger charge is 2.32. The van der Waals surface area contributed by atoms with Gasteiger partial charge in [-0.3, -0.25) is 9.59 Å². The Hall–Kier alpha value is -1.19. The summed E-state index contributed by atoms with van der Waals surface area (Å²) in [6, 6.07) is -0.271. The molecule has 0 bridgehead atoms. The fraction of sp³-hybridized carbons (Fsp3) is 0.846. The number of carbonyl (C=O) groups is 2. The Morgan fingerprint density at radius 2 is 1.86 bits per heavy atom. The molecule has 1 heterocycles. The first kappa shape index (κ1) is 18.9. The van der Waals surface area contributed by atoms with E-state index in [1.54, 1.807) is 13.8 Å². The summed E-state index contributed by atoms with van der Waals surface area (Å²) in [5.41, 5.74) is 0. The number of hydrogen-bond acceptors (Lipinski definition) is 5. The number of carboxylic acid groups (broad SMARTS) is 1. The van der Waals surface area contributed by atoms with E-state index in [0.29, 0.717) is 32.5 Å². The molecule has 1 N–H and O–H groups in total. The van der Waals surface area contributed by atoms with E-state index >= 15 is 0 Å². The molecule has 128 valence electrons. The standard InChI is InChI=1S/C13H24N2O6S/c1-3-21-10-12(16)15(9-13(17)18)11-5-7-14(8-6-11)22(19,20)4-2/h11H,3-10H2,1-2H3,(H,17,18). The quantitative estimate of drug-likeness (QED) is 0.655. The van der Waals surface area contributed by atoms with Crippen LogP contribution in [0.2, 0.25) is 0 Å². The highest BCUT2D eigenvalue weighted by atomic mass is 32.2. The first-order valence-electron chi connectivity index (χ1n) is 7.38. The van der Waals surface area contributed by atoms with Crippen LogP contribution in [0.15, 0.2) is 0 Å². The van der Waals surface area contributed by atoms with Crippen LogP contribution >= 0.6 is 0 Å². The summed E-state index contributed by atoms with van der Waals surface area (Å²) in [7, 11) is -3.24. The number of hydrogen-bond donors (Lipinski definition) is 1. The van der Waals surface area contributed by atoms with Gasteiger partial charge in [-0.1, -0.05) is 0 Å². The van der Waals surface area contributed by atoms with Crippen molar-refractivity contribution in [2.75, 3.05) is 38.6 Å². The van der Waals surface area contributed by atoms with Gasteiger partial charge in [0.2, 0.25) is 15.9 Å². The number of aliphatic carboxylic acids is 1. The zero-order chi connectivity index (χ0) is 16.8. The lowest BCUT2D eigenvalue weighted by atomic mass is 10.0. The summed E-state index contributed by atoms with van der Waals surface area (Å²) in [4.78, 5) is 24.3. The number of ether oxygens (including phenoxy) is 1. The van der Waals surface area contributed by atoms with Gasteiger partial charge >= 0.3 is 5.97 Å². The zero-order valence-electron chi connectivity index (χ0n) is 13.0. The van der Waals surface area contributed by atoms with E-state index in [2.05, 4.69) is 0 Å². The van der Waals surface area contributed by atoms with Crippen molar-refractivity contribution in [2.24, 2.45) is 0 Å². The average molecular weight is 336 g/mol. The van der Waals surface area contributed by atoms with E-state index < -0.39 is 22.5 Å². The number of nitrogens with zero attached hydrogens (tertiary/aromatic N) is 2. The molecule has 0 radical (unpaired) electrons. The number of piperidine rings is 1. The van der Waals surface area contributed by atoms with Crippen molar-refractivity contribution in [3.05, 3.63) is 0 Å². The van der Waals surface area contributed by atoms with Gasteiger partial charge in [0.1, 0.15) is 13.2 Å². The van der Waals surface area contributed by atoms with E-state index in [-0.39, 0.29) is 24.3 Å². The number of rotatable bonds is 8. The summed E-state index contributed by atoms with van der Waals surface area (Å²) >= 11 is 0. The van der Waals surface area contributed by atoms with Crippen molar-refractivity contribution in [3.63, 3.8) is 0 Å². The predicted octanol–water partition coefficient (Wildman–Crippen LogP) is -0.250. The van der Waals surface area contributed by atoms with Gasteiger partial charge in [0, 0.05) is 25.7 Å². The second kappa shape index (κ2) is 8.44. The third-order valence-corrected chi connectivity index (χ3v) is 5.56. The molecule has 1 rings (SSSR count). The molecule has 8 nitrogen and oxygen atoms in total. The molecule has 9 heteroatoms. The van der Waals surface area contributed by atoms with Gasteiger partial charge in [-0.25, -0.2) is 12.7 Å². The minimum atomic E-state index is -3.24. The molecule has 0 saturated carbocycles. The topological polar surface area (TPSA) is 104 Å². The highest BCUT2D eigenvalue weighted by Crippen LogP contribution is 2.19. The van der Waals surface area contributed by atoms with Crippen LogP contribution in [0.3, 0.4) is 0 Å². The summed E-state index contributed by atoms with van der Waals surface area (Å²) in [5, 5.41) is 8.97. The lowest BCUT2D eigenvalue weighted by Gasteiger charge is -2.37. The SMILES string of the molecule is CCOCC(=O)N(CC(=O)O)C1CCN(S(=O)(=O)CC)CC1. The number of carbonyl (C=O) groups excluding carboxylic acids is 1. The fourth-order valence-corrected chi connectivity index (χ4v) is 3.59. The zero-order valence-corrected chi connectivity index (χ0v) is 13.8. The Morgan fingerprint density at radius 1 is 1.27 bits per heavy atom. The summed E-state index contributed by atoms with van der Waals surface area (Å²) in [6.45, 7) is 3.78. The Morgan fingerprint density at radius 3 is 2.32 bits per heavy atom. The average Bonchev–Trinajstić information content (AvgIpc) is 2.50. The molecule has 0 spiro atoms. The van der Waals surface area contributed by atoms with Gasteiger partial charge in [-0.2, -0.15) is 0 Å². The fourth-order valence-electron chi connectivity index (χ4n) is 2.45. The molecule has 1 fully saturated rings. The van der Waals surface area contributed by atoms with Crippen molar-refractivity contribution < 1.29 is 27.9 Å². The lowest BCUT2D eigenvalue weighted by molar-refractivity contribution is -0.149. The van der Waals surface area contributed by atoms with E-state index in [1.165, 1.54) is 9.21 Å². The number of amides is 1. The van der Waals surface area contributed by atoms with Crippen LogP contribution in [-0.2, 0) is 24.3 Å². The van der Waals surface area contributed by atoms with Crippen molar-refractivity contribution >= 4 is 21.9 Å². The predicted molar refractivity (Wildman–Crippen MR) is 79.9 cm³/mol. The third kappa shape index (κ3) is 5.22. The molecule has 0 aromatic carbocycles. The van der Waals surface area contributed by atoms with Gasteiger partial charge in [-0.05, 0) is 26.7 Å². The molecule has 1 saturated heterocycles. The van der Waals surface area contributed by atoms with Crippen LogP contribution in [0.5, 0.6) is 0 Å². The third-order valence-electron chi connectivity index (χ3n) is 3.68. The van der Waals surface area contributed by atoms with Gasteiger partial charge < -0.3 is 14.7 Å². The van der Waals surface area contributed by atoms with Gasteiger partial charge in [-0.15, -0.1) is 0 Å². The Labute approximate surface area is 131 Å². The highest BCUT2D eigenvalue weighted by molar-refractivity contribution is 7.89. The molecular weight excluding hydrogens is 312 g/mol. The molecule has 0 aromatic rings. The molecule has 0 aliphatic carbocycles. The number of sulfonamides is 1. The molecule has 0 atom stereocenters. The van der Waals surface area contributed by atoms with Crippen LogP contribution in [0.25, 0.3) is 0 Å². The smallest absolute Gasteiger partial charge is 0.323 e. The van der Waals surface area contributed by atoms with Gasteiger partial charge in [0.25, 0.3) is 0 Å². The van der Waals surface area contributed by atoms with Crippen LogP contribution in [0.1, 0.15) is 26.7 Å². The Kier molecular flexibility index (Phi) is 7.24. The maximum atomic E-state index is 12.1. The molecule has 1 aliphatic heterocycles. The largest absolute Gasteiger partial charge is 0.480 e.